The number of hydrogen-bond donors (Lipinski definition) is 1. The van der Waals surface area contributed by atoms with Gasteiger partial charge in [0.05, 0.1) is 6.54 Å². The molecule has 17 heavy (non-hydrogen) atoms. The number of nitrogens with one attached hydrogen (secondary N) is 1. The highest BCUT2D eigenvalue weighted by atomic mass is 19.1. The van der Waals surface area contributed by atoms with Crippen LogP contribution in [0, 0.1) is 5.82 Å². The van der Waals surface area contributed by atoms with E-state index in [1.54, 1.807) is 31.3 Å². The molecule has 0 bridgehead atoms. The van der Waals surface area contributed by atoms with E-state index in [0.717, 1.165) is 0 Å². The second-order valence-electron chi connectivity index (χ2n) is 3.76. The molecule has 4 heteroatoms. The Morgan fingerprint density at radius 1 is 1.53 bits per heavy atom. The zero-order valence-corrected chi connectivity index (χ0v) is 9.95. The van der Waals surface area contributed by atoms with E-state index >= 15 is 0 Å². The fourth-order valence-electron chi connectivity index (χ4n) is 1.39. The van der Waals surface area contributed by atoms with E-state index in [2.05, 4.69) is 11.9 Å². The highest BCUT2D eigenvalue weighted by Crippen LogP contribution is 2.08. The molecule has 0 atom stereocenters. The van der Waals surface area contributed by atoms with Crippen molar-refractivity contribution < 1.29 is 9.18 Å². The first-order valence-electron chi connectivity index (χ1n) is 5.44. The summed E-state index contributed by atoms with van der Waals surface area (Å²) < 4.78 is 13.4. The maximum Gasteiger partial charge on any atom is 0.236 e. The van der Waals surface area contributed by atoms with Gasteiger partial charge in [-0.15, -0.1) is 6.58 Å². The normalized spacial score (nSPS) is 10.0. The van der Waals surface area contributed by atoms with Crippen molar-refractivity contribution in [1.29, 1.82) is 0 Å². The summed E-state index contributed by atoms with van der Waals surface area (Å²) in [5, 5.41) is 2.91. The van der Waals surface area contributed by atoms with E-state index in [1.165, 1.54) is 11.0 Å². The van der Waals surface area contributed by atoms with Crippen LogP contribution in [-0.4, -0.2) is 30.9 Å². The summed E-state index contributed by atoms with van der Waals surface area (Å²) >= 11 is 0. The molecule has 0 aliphatic rings. The highest BCUT2D eigenvalue weighted by Gasteiger charge is 2.10. The van der Waals surface area contributed by atoms with Gasteiger partial charge in [0.1, 0.15) is 5.82 Å². The van der Waals surface area contributed by atoms with Gasteiger partial charge in [0.25, 0.3) is 0 Å². The minimum Gasteiger partial charge on any atom is -0.340 e. The molecule has 0 spiro atoms. The van der Waals surface area contributed by atoms with Crippen LogP contribution >= 0.6 is 0 Å². The van der Waals surface area contributed by atoms with Gasteiger partial charge in [0.2, 0.25) is 5.91 Å². The van der Waals surface area contributed by atoms with Crippen molar-refractivity contribution >= 4 is 5.91 Å². The van der Waals surface area contributed by atoms with Gasteiger partial charge in [0, 0.05) is 25.7 Å². The average Bonchev–Trinajstić information content (AvgIpc) is 2.32. The van der Waals surface area contributed by atoms with E-state index in [4.69, 9.17) is 0 Å². The lowest BCUT2D eigenvalue weighted by molar-refractivity contribution is -0.129. The van der Waals surface area contributed by atoms with E-state index < -0.39 is 0 Å². The van der Waals surface area contributed by atoms with E-state index in [9.17, 15) is 9.18 Å². The molecule has 1 rings (SSSR count). The maximum absolute atomic E-state index is 13.4. The van der Waals surface area contributed by atoms with Gasteiger partial charge in [-0.05, 0) is 6.07 Å². The standard InChI is InChI=1S/C13H17FN2O/c1-3-8-15-9-13(17)16(2)10-11-6-4-5-7-12(11)14/h3-7,15H,1,8-10H2,2H3. The zero-order valence-electron chi connectivity index (χ0n) is 9.95. The largest absolute Gasteiger partial charge is 0.340 e. The third-order valence-electron chi connectivity index (χ3n) is 2.36. The molecule has 0 aliphatic heterocycles. The van der Waals surface area contributed by atoms with Crippen molar-refractivity contribution in [2.24, 2.45) is 0 Å². The molecule has 0 aromatic heterocycles. The number of carbonyl (C=O) groups excluding carboxylic acids is 1. The molecule has 0 unspecified atom stereocenters. The van der Waals surface area contributed by atoms with Gasteiger partial charge in [-0.25, -0.2) is 4.39 Å². The summed E-state index contributed by atoms with van der Waals surface area (Å²) in [6.45, 7) is 4.64. The van der Waals surface area contributed by atoms with Crippen molar-refractivity contribution in [3.05, 3.63) is 48.3 Å². The molecule has 92 valence electrons. The fraction of sp³-hybridized carbons (Fsp3) is 0.308. The van der Waals surface area contributed by atoms with E-state index in [0.29, 0.717) is 12.1 Å². The minimum atomic E-state index is -0.286. The lowest BCUT2D eigenvalue weighted by Gasteiger charge is -2.17. The van der Waals surface area contributed by atoms with Crippen molar-refractivity contribution in [2.75, 3.05) is 20.1 Å². The Labute approximate surface area is 101 Å². The summed E-state index contributed by atoms with van der Waals surface area (Å²) in [7, 11) is 1.66. The average molecular weight is 236 g/mol. The SMILES string of the molecule is C=CCNCC(=O)N(C)Cc1ccccc1F. The van der Waals surface area contributed by atoms with E-state index in [-0.39, 0.29) is 24.8 Å². The molecule has 1 amide bonds. The summed E-state index contributed by atoms with van der Waals surface area (Å²) in [5.41, 5.74) is 0.520. The van der Waals surface area contributed by atoms with Crippen molar-refractivity contribution in [1.82, 2.24) is 10.2 Å². The van der Waals surface area contributed by atoms with Gasteiger partial charge >= 0.3 is 0 Å². The fourth-order valence-corrected chi connectivity index (χ4v) is 1.39. The van der Waals surface area contributed by atoms with Crippen molar-refractivity contribution in [3.63, 3.8) is 0 Å². The van der Waals surface area contributed by atoms with Gasteiger partial charge in [-0.3, -0.25) is 4.79 Å². The molecule has 0 saturated carbocycles. The molecular weight excluding hydrogens is 219 g/mol. The predicted octanol–water partition coefficient (Wildman–Crippen LogP) is 1.56. The van der Waals surface area contributed by atoms with Gasteiger partial charge < -0.3 is 10.2 Å². The monoisotopic (exact) mass is 236 g/mol. The third kappa shape index (κ3) is 4.36. The molecule has 1 aromatic carbocycles. The van der Waals surface area contributed by atoms with E-state index in [1.807, 2.05) is 0 Å². The Morgan fingerprint density at radius 2 is 2.24 bits per heavy atom. The first-order valence-corrected chi connectivity index (χ1v) is 5.44. The number of carbonyl (C=O) groups is 1. The first kappa shape index (κ1) is 13.4. The Hall–Kier alpha value is -1.68. The van der Waals surface area contributed by atoms with Crippen molar-refractivity contribution in [2.45, 2.75) is 6.54 Å². The predicted molar refractivity (Wildman–Crippen MR) is 65.9 cm³/mol. The lowest BCUT2D eigenvalue weighted by atomic mass is 10.2. The van der Waals surface area contributed by atoms with Crippen LogP contribution in [0.3, 0.4) is 0 Å². The van der Waals surface area contributed by atoms with Crippen LogP contribution in [0.15, 0.2) is 36.9 Å². The summed E-state index contributed by atoms with van der Waals surface area (Å²) in [5.74, 6) is -0.360. The summed E-state index contributed by atoms with van der Waals surface area (Å²) in [6, 6.07) is 6.46. The van der Waals surface area contributed by atoms with Crippen LogP contribution in [0.5, 0.6) is 0 Å². The number of benzene rings is 1. The Balaban J connectivity index is 2.48. The molecule has 0 aliphatic carbocycles. The number of nitrogens with zero attached hydrogens (tertiary/aromatic N) is 1. The first-order chi connectivity index (χ1) is 8.15. The van der Waals surface area contributed by atoms with Crippen LogP contribution in [0.1, 0.15) is 5.56 Å². The third-order valence-corrected chi connectivity index (χ3v) is 2.36. The molecular formula is C13H17FN2O. The van der Waals surface area contributed by atoms with Crippen LogP contribution in [0.4, 0.5) is 4.39 Å². The number of halogens is 1. The van der Waals surface area contributed by atoms with Crippen LogP contribution < -0.4 is 5.32 Å². The topological polar surface area (TPSA) is 32.3 Å². The number of hydrogen-bond acceptors (Lipinski definition) is 2. The highest BCUT2D eigenvalue weighted by molar-refractivity contribution is 5.77. The molecule has 0 heterocycles. The summed E-state index contributed by atoms with van der Waals surface area (Å²) in [4.78, 5) is 13.1. The number of rotatable bonds is 6. The Kier molecular flexibility index (Phi) is 5.36. The van der Waals surface area contributed by atoms with Crippen LogP contribution in [-0.2, 0) is 11.3 Å². The number of amides is 1. The van der Waals surface area contributed by atoms with Gasteiger partial charge in [-0.2, -0.15) is 0 Å². The molecule has 0 fully saturated rings. The number of likely N-dealkylation sites (N-methyl/N-ethyl adjacent to an activating group) is 1. The molecule has 0 radical (unpaired) electrons. The second kappa shape index (κ2) is 6.81. The lowest BCUT2D eigenvalue weighted by Crippen LogP contribution is -2.35. The van der Waals surface area contributed by atoms with Gasteiger partial charge in [-0.1, -0.05) is 24.3 Å². The Morgan fingerprint density at radius 3 is 2.88 bits per heavy atom. The molecule has 1 N–H and O–H groups in total. The minimum absolute atomic E-state index is 0.0740. The quantitative estimate of drug-likeness (QED) is 0.600. The second-order valence-corrected chi connectivity index (χ2v) is 3.76. The molecule has 3 nitrogen and oxygen atoms in total. The molecule has 1 aromatic rings. The van der Waals surface area contributed by atoms with Crippen LogP contribution in [0.2, 0.25) is 0 Å². The van der Waals surface area contributed by atoms with Crippen LogP contribution in [0.25, 0.3) is 0 Å². The zero-order chi connectivity index (χ0) is 12.7. The van der Waals surface area contributed by atoms with Crippen molar-refractivity contribution in [3.8, 4) is 0 Å². The molecule has 0 saturated heterocycles. The Bertz CT molecular complexity index is 393. The summed E-state index contributed by atoms with van der Waals surface area (Å²) in [6.07, 6.45) is 1.68. The van der Waals surface area contributed by atoms with Gasteiger partial charge in [0.15, 0.2) is 0 Å². The smallest absolute Gasteiger partial charge is 0.236 e. The maximum atomic E-state index is 13.4.